The van der Waals surface area contributed by atoms with Crippen molar-refractivity contribution in [3.05, 3.63) is 89.4 Å². The van der Waals surface area contributed by atoms with E-state index in [1.165, 1.54) is 6.07 Å². The topological polar surface area (TPSA) is 49.4 Å². The van der Waals surface area contributed by atoms with E-state index < -0.39 is 17.8 Å². The molecular formula is C21H15FN2O2. The molecule has 0 radical (unpaired) electrons. The first-order valence-electron chi connectivity index (χ1n) is 8.19. The molecule has 4 rings (SSSR count). The first-order chi connectivity index (χ1) is 12.6. The normalized spacial score (nSPS) is 15.7. The van der Waals surface area contributed by atoms with Crippen LogP contribution in [-0.4, -0.2) is 16.8 Å². The molecule has 0 aliphatic carbocycles. The number of amides is 3. The van der Waals surface area contributed by atoms with Gasteiger partial charge in [0.05, 0.1) is 6.54 Å². The maximum Gasteiger partial charge on any atom is 0.329 e. The molecule has 26 heavy (non-hydrogen) atoms. The van der Waals surface area contributed by atoms with Crippen molar-refractivity contribution in [1.29, 1.82) is 0 Å². The molecule has 128 valence electrons. The van der Waals surface area contributed by atoms with Crippen LogP contribution in [0.2, 0.25) is 0 Å². The number of carbonyl (C=O) groups excluding carboxylic acids is 2. The van der Waals surface area contributed by atoms with Crippen molar-refractivity contribution in [3.63, 3.8) is 0 Å². The Bertz CT molecular complexity index is 1050. The van der Waals surface area contributed by atoms with Gasteiger partial charge in [0.15, 0.2) is 0 Å². The average Bonchev–Trinajstić information content (AvgIpc) is 2.91. The van der Waals surface area contributed by atoms with Crippen molar-refractivity contribution in [3.8, 4) is 0 Å². The minimum atomic E-state index is -0.551. The highest BCUT2D eigenvalue weighted by Crippen LogP contribution is 2.23. The third-order valence-corrected chi connectivity index (χ3v) is 4.37. The second-order valence-corrected chi connectivity index (χ2v) is 6.04. The lowest BCUT2D eigenvalue weighted by atomic mass is 10.0. The predicted molar refractivity (Wildman–Crippen MR) is 97.4 cm³/mol. The van der Waals surface area contributed by atoms with E-state index in [0.29, 0.717) is 5.56 Å². The van der Waals surface area contributed by atoms with Crippen molar-refractivity contribution in [2.24, 2.45) is 0 Å². The Kier molecular flexibility index (Phi) is 3.97. The summed E-state index contributed by atoms with van der Waals surface area (Å²) in [4.78, 5) is 25.8. The zero-order valence-corrected chi connectivity index (χ0v) is 13.8. The second kappa shape index (κ2) is 6.44. The molecule has 1 aliphatic rings. The molecular weight excluding hydrogens is 331 g/mol. The molecule has 1 N–H and O–H groups in total. The summed E-state index contributed by atoms with van der Waals surface area (Å²) in [5.41, 5.74) is 1.31. The van der Waals surface area contributed by atoms with Crippen LogP contribution in [0.3, 0.4) is 0 Å². The van der Waals surface area contributed by atoms with E-state index >= 15 is 0 Å². The van der Waals surface area contributed by atoms with Crippen LogP contribution in [0.4, 0.5) is 9.18 Å². The molecule has 1 saturated heterocycles. The van der Waals surface area contributed by atoms with Crippen LogP contribution in [0.1, 0.15) is 11.1 Å². The molecule has 1 aliphatic heterocycles. The molecule has 0 bridgehead atoms. The number of nitrogens with one attached hydrogen (secondary N) is 1. The second-order valence-electron chi connectivity index (χ2n) is 6.04. The zero-order chi connectivity index (χ0) is 18.1. The lowest BCUT2D eigenvalue weighted by molar-refractivity contribution is -0.123. The van der Waals surface area contributed by atoms with Gasteiger partial charge < -0.3 is 5.32 Å². The van der Waals surface area contributed by atoms with Crippen LogP contribution in [0.15, 0.2) is 72.4 Å². The van der Waals surface area contributed by atoms with Gasteiger partial charge in [-0.05, 0) is 28.5 Å². The number of halogens is 1. The molecule has 0 atom stereocenters. The van der Waals surface area contributed by atoms with E-state index in [4.69, 9.17) is 0 Å². The van der Waals surface area contributed by atoms with Crippen molar-refractivity contribution >= 4 is 28.8 Å². The molecule has 5 heteroatoms. The minimum Gasteiger partial charge on any atom is -0.303 e. The van der Waals surface area contributed by atoms with Gasteiger partial charge in [-0.2, -0.15) is 0 Å². The fourth-order valence-corrected chi connectivity index (χ4v) is 3.04. The highest BCUT2D eigenvalue weighted by Gasteiger charge is 2.34. The highest BCUT2D eigenvalue weighted by molar-refractivity contribution is 6.14. The van der Waals surface area contributed by atoms with E-state index in [1.54, 1.807) is 24.3 Å². The van der Waals surface area contributed by atoms with E-state index in [1.807, 2.05) is 42.5 Å². The first kappa shape index (κ1) is 16.0. The molecule has 0 saturated carbocycles. The van der Waals surface area contributed by atoms with Crippen molar-refractivity contribution < 1.29 is 14.0 Å². The molecule has 4 nitrogen and oxygen atoms in total. The summed E-state index contributed by atoms with van der Waals surface area (Å²) < 4.78 is 13.8. The number of fused-ring (bicyclic) bond motifs is 1. The molecule has 0 unspecified atom stereocenters. The summed E-state index contributed by atoms with van der Waals surface area (Å²) >= 11 is 0. The summed E-state index contributed by atoms with van der Waals surface area (Å²) in [7, 11) is 0. The molecule has 0 aromatic heterocycles. The Balaban J connectivity index is 1.66. The number of rotatable bonds is 3. The molecule has 1 heterocycles. The number of benzene rings is 3. The number of imide groups is 1. The SMILES string of the molecule is O=C1NC(=Cc2cccc3ccccc23)C(=O)N1Cc1ccccc1F. The molecule has 0 spiro atoms. The van der Waals surface area contributed by atoms with E-state index in [0.717, 1.165) is 21.2 Å². The number of nitrogens with zero attached hydrogens (tertiary/aromatic N) is 1. The number of carbonyl (C=O) groups is 2. The third kappa shape index (κ3) is 2.84. The monoisotopic (exact) mass is 346 g/mol. The summed E-state index contributed by atoms with van der Waals surface area (Å²) in [5.74, 6) is -0.911. The van der Waals surface area contributed by atoms with Crippen molar-refractivity contribution in [1.82, 2.24) is 10.2 Å². The Morgan fingerprint density at radius 2 is 1.65 bits per heavy atom. The molecule has 1 fully saturated rings. The highest BCUT2D eigenvalue weighted by atomic mass is 19.1. The number of urea groups is 1. The van der Waals surface area contributed by atoms with Crippen LogP contribution in [0.25, 0.3) is 16.8 Å². The van der Waals surface area contributed by atoms with Crippen LogP contribution in [0, 0.1) is 5.82 Å². The molecule has 3 aromatic rings. The lowest BCUT2D eigenvalue weighted by Gasteiger charge is -2.12. The zero-order valence-electron chi connectivity index (χ0n) is 13.8. The Morgan fingerprint density at radius 1 is 0.923 bits per heavy atom. The third-order valence-electron chi connectivity index (χ3n) is 4.37. The van der Waals surface area contributed by atoms with Gasteiger partial charge in [-0.25, -0.2) is 9.18 Å². The Morgan fingerprint density at radius 3 is 2.50 bits per heavy atom. The fraction of sp³-hybridized carbons (Fsp3) is 0.0476. The van der Waals surface area contributed by atoms with Gasteiger partial charge in [0.25, 0.3) is 5.91 Å². The van der Waals surface area contributed by atoms with Crippen LogP contribution in [-0.2, 0) is 11.3 Å². The van der Waals surface area contributed by atoms with Gasteiger partial charge in [-0.1, -0.05) is 60.7 Å². The first-order valence-corrected chi connectivity index (χ1v) is 8.19. The van der Waals surface area contributed by atoms with Crippen LogP contribution in [0.5, 0.6) is 0 Å². The summed E-state index contributed by atoms with van der Waals surface area (Å²) in [6, 6.07) is 19.1. The molecule has 3 aromatic carbocycles. The minimum absolute atomic E-state index is 0.107. The standard InChI is InChI=1S/C21H15FN2O2/c22-18-11-4-2-7-16(18)13-24-20(25)19(23-21(24)26)12-15-9-5-8-14-6-1-3-10-17(14)15/h1-12H,13H2,(H,23,26). The predicted octanol–water partition coefficient (Wildman–Crippen LogP) is 4.07. The molecule has 3 amide bonds. The Labute approximate surface area is 149 Å². The summed E-state index contributed by atoms with van der Waals surface area (Å²) in [6.07, 6.45) is 1.66. The van der Waals surface area contributed by atoms with E-state index in [2.05, 4.69) is 5.32 Å². The maximum absolute atomic E-state index is 13.8. The Hall–Kier alpha value is -3.47. The quantitative estimate of drug-likeness (QED) is 0.574. The number of hydrogen-bond donors (Lipinski definition) is 1. The van der Waals surface area contributed by atoms with Crippen LogP contribution >= 0.6 is 0 Å². The fourth-order valence-electron chi connectivity index (χ4n) is 3.04. The lowest BCUT2D eigenvalue weighted by Crippen LogP contribution is -2.30. The summed E-state index contributed by atoms with van der Waals surface area (Å²) in [6.45, 7) is -0.107. The van der Waals surface area contributed by atoms with Gasteiger partial charge in [-0.15, -0.1) is 0 Å². The van der Waals surface area contributed by atoms with Gasteiger partial charge >= 0.3 is 6.03 Å². The van der Waals surface area contributed by atoms with Gasteiger partial charge in [0.2, 0.25) is 0 Å². The van der Waals surface area contributed by atoms with Gasteiger partial charge in [0, 0.05) is 5.56 Å². The maximum atomic E-state index is 13.8. The van der Waals surface area contributed by atoms with Crippen LogP contribution < -0.4 is 5.32 Å². The van der Waals surface area contributed by atoms with Gasteiger partial charge in [-0.3, -0.25) is 9.69 Å². The van der Waals surface area contributed by atoms with Crippen molar-refractivity contribution in [2.45, 2.75) is 6.54 Å². The summed E-state index contributed by atoms with van der Waals surface area (Å²) in [5, 5.41) is 4.61. The van der Waals surface area contributed by atoms with Gasteiger partial charge in [0.1, 0.15) is 11.5 Å². The van der Waals surface area contributed by atoms with Crippen molar-refractivity contribution in [2.75, 3.05) is 0 Å². The van der Waals surface area contributed by atoms with E-state index in [-0.39, 0.29) is 12.2 Å². The largest absolute Gasteiger partial charge is 0.329 e. The smallest absolute Gasteiger partial charge is 0.303 e. The van der Waals surface area contributed by atoms with E-state index in [9.17, 15) is 14.0 Å². The number of hydrogen-bond acceptors (Lipinski definition) is 2. The average molecular weight is 346 g/mol.